The highest BCUT2D eigenvalue weighted by molar-refractivity contribution is 5.86. The minimum absolute atomic E-state index is 0.0118. The van der Waals surface area contributed by atoms with Crippen LogP contribution in [0.2, 0.25) is 0 Å². The number of amides is 1. The van der Waals surface area contributed by atoms with Crippen molar-refractivity contribution in [1.82, 2.24) is 5.32 Å². The van der Waals surface area contributed by atoms with Crippen molar-refractivity contribution in [3.63, 3.8) is 0 Å². The normalized spacial score (nSPS) is 10.0. The minimum atomic E-state index is -0.294. The maximum atomic E-state index is 10.7. The molecule has 1 N–H and O–H groups in total. The van der Waals surface area contributed by atoms with E-state index in [9.17, 15) is 9.59 Å². The minimum Gasteiger partial charge on any atom is -0.347 e. The van der Waals surface area contributed by atoms with Crippen molar-refractivity contribution in [2.45, 2.75) is 54.0 Å². The van der Waals surface area contributed by atoms with Crippen molar-refractivity contribution in [2.75, 3.05) is 0 Å². The summed E-state index contributed by atoms with van der Waals surface area (Å²) in [5, 5.41) is 2.54. The summed E-state index contributed by atoms with van der Waals surface area (Å²) in [5.41, 5.74) is 1.32. The first kappa shape index (κ1) is 19.7. The summed E-state index contributed by atoms with van der Waals surface area (Å²) in [5.74, 6) is -0.139. The molecule has 0 aliphatic heterocycles. The van der Waals surface area contributed by atoms with Gasteiger partial charge in [0, 0.05) is 6.92 Å². The fourth-order valence-electron chi connectivity index (χ4n) is 1.27. The number of ketones is 1. The molecule has 0 saturated heterocycles. The van der Waals surface area contributed by atoms with Crippen molar-refractivity contribution < 1.29 is 9.59 Å². The van der Waals surface area contributed by atoms with E-state index in [1.54, 1.807) is 0 Å². The van der Waals surface area contributed by atoms with Crippen LogP contribution in [-0.4, -0.2) is 17.7 Å². The van der Waals surface area contributed by atoms with Crippen molar-refractivity contribution >= 4 is 11.7 Å². The summed E-state index contributed by atoms with van der Waals surface area (Å²) in [6.07, 6.45) is 0.662. The predicted molar refractivity (Wildman–Crippen MR) is 81.1 cm³/mol. The molecule has 0 heterocycles. The topological polar surface area (TPSA) is 46.2 Å². The highest BCUT2D eigenvalue weighted by Gasteiger charge is 2.10. The van der Waals surface area contributed by atoms with Crippen molar-refractivity contribution in [3.8, 4) is 0 Å². The van der Waals surface area contributed by atoms with Gasteiger partial charge in [-0.2, -0.15) is 0 Å². The molecule has 0 fully saturated rings. The molecule has 108 valence electrons. The third-order valence-electron chi connectivity index (χ3n) is 2.22. The Balaban J connectivity index is 0. The molecule has 0 aliphatic rings. The summed E-state index contributed by atoms with van der Waals surface area (Å²) < 4.78 is 0. The summed E-state index contributed by atoms with van der Waals surface area (Å²) in [4.78, 5) is 21.1. The predicted octanol–water partition coefficient (Wildman–Crippen LogP) is 3.51. The summed E-state index contributed by atoms with van der Waals surface area (Å²) >= 11 is 0. The van der Waals surface area contributed by atoms with Gasteiger partial charge in [-0.25, -0.2) is 0 Å². The second-order valence-electron chi connectivity index (χ2n) is 3.93. The highest BCUT2D eigenvalue weighted by atomic mass is 16.2. The number of rotatable bonds is 3. The third kappa shape index (κ3) is 12.6. The molecule has 1 unspecified atom stereocenters. The molecule has 1 atom stereocenters. The van der Waals surface area contributed by atoms with Crippen LogP contribution in [0.5, 0.6) is 0 Å². The Morgan fingerprint density at radius 2 is 1.58 bits per heavy atom. The van der Waals surface area contributed by atoms with Crippen LogP contribution in [0.3, 0.4) is 0 Å². The lowest BCUT2D eigenvalue weighted by molar-refractivity contribution is -0.125. The molecule has 0 aliphatic carbocycles. The molecule has 0 aromatic heterocycles. The molecule has 0 saturated carbocycles. The van der Waals surface area contributed by atoms with E-state index in [4.69, 9.17) is 0 Å². The number of hydrogen-bond donors (Lipinski definition) is 1. The largest absolute Gasteiger partial charge is 0.347 e. The number of Topliss-reactive ketones (excluding diaryl/α,β-unsaturated/α-hetero) is 1. The zero-order valence-electron chi connectivity index (χ0n) is 13.0. The van der Waals surface area contributed by atoms with Crippen LogP contribution in [0.25, 0.3) is 0 Å². The smallest absolute Gasteiger partial charge is 0.217 e. The highest BCUT2D eigenvalue weighted by Crippen LogP contribution is 1.92. The van der Waals surface area contributed by atoms with E-state index in [-0.39, 0.29) is 17.7 Å². The van der Waals surface area contributed by atoms with Gasteiger partial charge in [0.2, 0.25) is 5.91 Å². The van der Waals surface area contributed by atoms with Crippen molar-refractivity contribution in [2.24, 2.45) is 0 Å². The molecule has 0 bridgehead atoms. The average molecular weight is 265 g/mol. The molecule has 1 aromatic rings. The van der Waals surface area contributed by atoms with Gasteiger partial charge < -0.3 is 5.32 Å². The molecule has 0 radical (unpaired) electrons. The molecule has 19 heavy (non-hydrogen) atoms. The lowest BCUT2D eigenvalue weighted by Crippen LogP contribution is -2.37. The third-order valence-corrected chi connectivity index (χ3v) is 2.22. The van der Waals surface area contributed by atoms with Gasteiger partial charge in [-0.15, -0.1) is 0 Å². The number of benzene rings is 1. The van der Waals surface area contributed by atoms with Crippen molar-refractivity contribution in [1.29, 1.82) is 0 Å². The van der Waals surface area contributed by atoms with E-state index < -0.39 is 0 Å². The van der Waals surface area contributed by atoms with E-state index >= 15 is 0 Å². The van der Waals surface area contributed by atoms with E-state index in [2.05, 4.69) is 24.4 Å². The number of hydrogen-bond acceptors (Lipinski definition) is 2. The Hall–Kier alpha value is -1.64. The SMILES string of the molecule is CC.CCC(NC(C)=O)C(C)=O.Cc1ccccc1. The van der Waals surface area contributed by atoms with E-state index in [1.807, 2.05) is 39.0 Å². The number of aryl methyl sites for hydroxylation is 1. The quantitative estimate of drug-likeness (QED) is 0.909. The van der Waals surface area contributed by atoms with Crippen LogP contribution in [-0.2, 0) is 9.59 Å². The first-order valence-electron chi connectivity index (χ1n) is 6.76. The van der Waals surface area contributed by atoms with Gasteiger partial charge in [-0.05, 0) is 20.3 Å². The van der Waals surface area contributed by atoms with Gasteiger partial charge in [-0.1, -0.05) is 56.7 Å². The Morgan fingerprint density at radius 3 is 1.74 bits per heavy atom. The summed E-state index contributed by atoms with van der Waals surface area (Å²) in [6.45, 7) is 10.8. The van der Waals surface area contributed by atoms with Crippen LogP contribution < -0.4 is 5.32 Å². The van der Waals surface area contributed by atoms with Gasteiger partial charge in [0.25, 0.3) is 0 Å². The first-order valence-corrected chi connectivity index (χ1v) is 6.76. The summed E-state index contributed by atoms with van der Waals surface area (Å²) in [6, 6.07) is 9.97. The Bertz CT molecular complexity index is 347. The molecule has 1 amide bonds. The second-order valence-corrected chi connectivity index (χ2v) is 3.93. The maximum absolute atomic E-state index is 10.7. The van der Waals surface area contributed by atoms with E-state index in [0.29, 0.717) is 6.42 Å². The van der Waals surface area contributed by atoms with E-state index in [1.165, 1.54) is 19.4 Å². The standard InChI is InChI=1S/C7H13NO2.C7H8.C2H6/c1-4-7(5(2)9)8-6(3)10;1-7-5-3-2-4-6-7;1-2/h7H,4H2,1-3H3,(H,8,10);2-6H,1H3;1-2H3. The van der Waals surface area contributed by atoms with Gasteiger partial charge in [0.15, 0.2) is 5.78 Å². The molecule has 1 aromatic carbocycles. The Labute approximate surface area is 117 Å². The van der Waals surface area contributed by atoms with Crippen molar-refractivity contribution in [3.05, 3.63) is 35.9 Å². The first-order chi connectivity index (χ1) is 8.97. The molecule has 1 rings (SSSR count). The Kier molecular flexibility index (Phi) is 13.3. The van der Waals surface area contributed by atoms with E-state index in [0.717, 1.165) is 0 Å². The summed E-state index contributed by atoms with van der Waals surface area (Å²) in [7, 11) is 0. The maximum Gasteiger partial charge on any atom is 0.217 e. The zero-order valence-corrected chi connectivity index (χ0v) is 13.0. The number of carbonyl (C=O) groups excluding carboxylic acids is 2. The molecule has 3 heteroatoms. The van der Waals surface area contributed by atoms with Crippen LogP contribution in [0.4, 0.5) is 0 Å². The molecular weight excluding hydrogens is 238 g/mol. The number of carbonyl (C=O) groups is 2. The fourth-order valence-corrected chi connectivity index (χ4v) is 1.27. The van der Waals surface area contributed by atoms with Gasteiger partial charge >= 0.3 is 0 Å². The monoisotopic (exact) mass is 265 g/mol. The average Bonchev–Trinajstić information content (AvgIpc) is 2.39. The fraction of sp³-hybridized carbons (Fsp3) is 0.500. The van der Waals surface area contributed by atoms with Crippen LogP contribution in [0.1, 0.15) is 46.6 Å². The number of nitrogens with one attached hydrogen (secondary N) is 1. The lowest BCUT2D eigenvalue weighted by atomic mass is 10.1. The van der Waals surface area contributed by atoms with Crippen LogP contribution >= 0.6 is 0 Å². The Morgan fingerprint density at radius 1 is 1.11 bits per heavy atom. The zero-order chi connectivity index (χ0) is 15.3. The van der Waals surface area contributed by atoms with Gasteiger partial charge in [0.05, 0.1) is 6.04 Å². The van der Waals surface area contributed by atoms with Gasteiger partial charge in [0.1, 0.15) is 0 Å². The van der Waals surface area contributed by atoms with Crippen LogP contribution in [0.15, 0.2) is 30.3 Å². The molecule has 3 nitrogen and oxygen atoms in total. The molecule has 0 spiro atoms. The van der Waals surface area contributed by atoms with Crippen LogP contribution in [0, 0.1) is 6.92 Å². The van der Waals surface area contributed by atoms with Gasteiger partial charge in [-0.3, -0.25) is 9.59 Å². The second kappa shape index (κ2) is 12.8. The molecular formula is C16H27NO2. The lowest BCUT2D eigenvalue weighted by Gasteiger charge is -2.10.